The van der Waals surface area contributed by atoms with E-state index in [1.54, 1.807) is 7.05 Å². The minimum absolute atomic E-state index is 0.506. The quantitative estimate of drug-likeness (QED) is 0.587. The Morgan fingerprint density at radius 1 is 1.22 bits per heavy atom. The molecule has 5 nitrogen and oxygen atoms in total. The van der Waals surface area contributed by atoms with Crippen LogP contribution in [-0.2, 0) is 4.74 Å². The number of hydrogen-bond donors (Lipinski definition) is 1. The molecule has 0 aromatic carbocycles. The molecule has 2 aliphatic rings. The zero-order chi connectivity index (χ0) is 12.8. The molecule has 102 valence electrons. The molecule has 0 aromatic rings. The summed E-state index contributed by atoms with van der Waals surface area (Å²) in [6, 6.07) is 1.25. The fourth-order valence-electron chi connectivity index (χ4n) is 2.89. The van der Waals surface area contributed by atoms with Crippen LogP contribution in [0.5, 0.6) is 0 Å². The summed E-state index contributed by atoms with van der Waals surface area (Å²) >= 11 is 0. The highest BCUT2D eigenvalue weighted by Gasteiger charge is 2.27. The summed E-state index contributed by atoms with van der Waals surface area (Å²) in [5.74, 6) is 0.671. The molecule has 0 atom stereocenters. The molecule has 0 aromatic heterocycles. The van der Waals surface area contributed by atoms with Crippen LogP contribution in [-0.4, -0.2) is 63.0 Å². The number of nitrogens with one attached hydrogen (secondary N) is 1. The molecule has 0 spiro atoms. The zero-order valence-electron chi connectivity index (χ0n) is 11.3. The Hall–Kier alpha value is -0.940. The molecular weight excluding hydrogens is 228 g/mol. The van der Waals surface area contributed by atoms with Gasteiger partial charge in [0.25, 0.3) is 0 Å². The van der Waals surface area contributed by atoms with E-state index in [1.165, 1.54) is 25.7 Å². The molecule has 0 bridgehead atoms. The van der Waals surface area contributed by atoms with Crippen LogP contribution in [0.15, 0.2) is 9.98 Å². The van der Waals surface area contributed by atoms with E-state index in [4.69, 9.17) is 4.74 Å². The Labute approximate surface area is 109 Å². The lowest BCUT2D eigenvalue weighted by Crippen LogP contribution is -2.47. The topological polar surface area (TPSA) is 49.2 Å². The van der Waals surface area contributed by atoms with Gasteiger partial charge in [0.15, 0.2) is 0 Å². The van der Waals surface area contributed by atoms with Gasteiger partial charge in [0, 0.05) is 32.2 Å². The van der Waals surface area contributed by atoms with Crippen molar-refractivity contribution in [3.8, 4) is 0 Å². The number of rotatable bonds is 2. The van der Waals surface area contributed by atoms with E-state index in [0.717, 1.165) is 32.3 Å². The summed E-state index contributed by atoms with van der Waals surface area (Å²) in [6.07, 6.45) is 4.89. The molecule has 1 saturated carbocycles. The summed E-state index contributed by atoms with van der Waals surface area (Å²) < 4.78 is 5.40. The first-order valence-electron chi connectivity index (χ1n) is 6.85. The third kappa shape index (κ3) is 3.53. The Morgan fingerprint density at radius 2 is 1.89 bits per heavy atom. The average molecular weight is 252 g/mol. The first-order valence-corrected chi connectivity index (χ1v) is 6.85. The Balaban J connectivity index is 1.75. The maximum Gasteiger partial charge on any atom is 0.217 e. The van der Waals surface area contributed by atoms with Gasteiger partial charge in [-0.1, -0.05) is 0 Å². The van der Waals surface area contributed by atoms with Crippen molar-refractivity contribution in [3.63, 3.8) is 0 Å². The molecule has 18 heavy (non-hydrogen) atoms. The highest BCUT2D eigenvalue weighted by atomic mass is 16.5. The minimum atomic E-state index is 0.506. The second-order valence-electron chi connectivity index (χ2n) is 5.00. The number of hydrogen-bond acceptors (Lipinski definition) is 3. The smallest absolute Gasteiger partial charge is 0.217 e. The molecule has 1 aliphatic carbocycles. The lowest BCUT2D eigenvalue weighted by Gasteiger charge is -2.38. The predicted molar refractivity (Wildman–Crippen MR) is 74.5 cm³/mol. The van der Waals surface area contributed by atoms with Crippen molar-refractivity contribution in [2.24, 2.45) is 9.98 Å². The van der Waals surface area contributed by atoms with Crippen LogP contribution in [0.3, 0.4) is 0 Å². The Bertz CT molecular complexity index is 291. The summed E-state index contributed by atoms with van der Waals surface area (Å²) in [7, 11) is 1.75. The lowest BCUT2D eigenvalue weighted by atomic mass is 9.90. The monoisotopic (exact) mass is 252 g/mol. The minimum Gasteiger partial charge on any atom is -0.379 e. The number of aliphatic imine (C=N–C) groups is 2. The molecule has 2 rings (SSSR count). The maximum atomic E-state index is 5.40. The van der Waals surface area contributed by atoms with Gasteiger partial charge in [-0.25, -0.2) is 4.99 Å². The van der Waals surface area contributed by atoms with Crippen LogP contribution in [0.1, 0.15) is 25.7 Å². The number of nitrogens with zero attached hydrogens (tertiary/aromatic N) is 3. The van der Waals surface area contributed by atoms with Crippen molar-refractivity contribution in [3.05, 3.63) is 0 Å². The molecule has 1 N–H and O–H groups in total. The normalized spacial score (nSPS) is 31.1. The van der Waals surface area contributed by atoms with Crippen LogP contribution in [0.25, 0.3) is 0 Å². The van der Waals surface area contributed by atoms with Crippen LogP contribution >= 0.6 is 0 Å². The summed E-state index contributed by atoms with van der Waals surface area (Å²) in [5.41, 5.74) is 0. The van der Waals surface area contributed by atoms with Crippen LogP contribution in [0, 0.1) is 0 Å². The first-order chi connectivity index (χ1) is 8.83. The number of morpholine rings is 1. The van der Waals surface area contributed by atoms with Crippen LogP contribution < -0.4 is 5.32 Å². The molecule has 0 radical (unpaired) electrons. The van der Waals surface area contributed by atoms with Gasteiger partial charge in [0.2, 0.25) is 5.96 Å². The van der Waals surface area contributed by atoms with Gasteiger partial charge in [-0.2, -0.15) is 0 Å². The lowest BCUT2D eigenvalue weighted by molar-refractivity contribution is 0.00703. The van der Waals surface area contributed by atoms with Gasteiger partial charge < -0.3 is 10.1 Å². The van der Waals surface area contributed by atoms with Gasteiger partial charge >= 0.3 is 0 Å². The van der Waals surface area contributed by atoms with E-state index < -0.39 is 0 Å². The second-order valence-corrected chi connectivity index (χ2v) is 5.00. The van der Waals surface area contributed by atoms with Crippen molar-refractivity contribution >= 4 is 12.7 Å². The molecule has 2 fully saturated rings. The SMILES string of the molecule is C=N/C(=N\C)N[C@H]1CC[C@H](N2CCOCC2)CC1. The van der Waals surface area contributed by atoms with E-state index in [2.05, 4.69) is 26.9 Å². The van der Waals surface area contributed by atoms with Crippen molar-refractivity contribution in [2.45, 2.75) is 37.8 Å². The Kier molecular flexibility index (Phi) is 5.13. The standard InChI is InChI=1S/C13H24N4O/c1-14-13(15-2)16-11-3-5-12(6-4-11)17-7-9-18-10-8-17/h11-12H,1,3-10H2,2H3,(H,15,16)/t11-,12-. The molecule has 5 heteroatoms. The van der Waals surface area contributed by atoms with Crippen LogP contribution in [0.4, 0.5) is 0 Å². The van der Waals surface area contributed by atoms with Crippen LogP contribution in [0.2, 0.25) is 0 Å². The van der Waals surface area contributed by atoms with Gasteiger partial charge in [-0.05, 0) is 32.4 Å². The van der Waals surface area contributed by atoms with E-state index in [9.17, 15) is 0 Å². The molecule has 0 unspecified atom stereocenters. The van der Waals surface area contributed by atoms with E-state index in [-0.39, 0.29) is 0 Å². The van der Waals surface area contributed by atoms with E-state index in [1.807, 2.05) is 0 Å². The Morgan fingerprint density at radius 3 is 2.44 bits per heavy atom. The largest absolute Gasteiger partial charge is 0.379 e. The number of ether oxygens (including phenoxy) is 1. The van der Waals surface area contributed by atoms with E-state index >= 15 is 0 Å². The van der Waals surface area contributed by atoms with Gasteiger partial charge in [-0.3, -0.25) is 9.89 Å². The van der Waals surface area contributed by atoms with Gasteiger partial charge in [0.1, 0.15) is 0 Å². The first kappa shape index (κ1) is 13.5. The van der Waals surface area contributed by atoms with Crippen molar-refractivity contribution in [1.29, 1.82) is 0 Å². The predicted octanol–water partition coefficient (Wildman–Crippen LogP) is 0.906. The van der Waals surface area contributed by atoms with Crippen molar-refractivity contribution in [1.82, 2.24) is 10.2 Å². The summed E-state index contributed by atoms with van der Waals surface area (Å²) in [4.78, 5) is 10.5. The third-order valence-electron chi connectivity index (χ3n) is 3.95. The maximum absolute atomic E-state index is 5.40. The zero-order valence-corrected chi connectivity index (χ0v) is 11.3. The summed E-state index contributed by atoms with van der Waals surface area (Å²) in [6.45, 7) is 7.50. The summed E-state index contributed by atoms with van der Waals surface area (Å²) in [5, 5.41) is 3.36. The fourth-order valence-corrected chi connectivity index (χ4v) is 2.89. The van der Waals surface area contributed by atoms with E-state index in [0.29, 0.717) is 12.0 Å². The average Bonchev–Trinajstić information content (AvgIpc) is 2.46. The van der Waals surface area contributed by atoms with Crippen molar-refractivity contribution in [2.75, 3.05) is 33.4 Å². The molecule has 1 aliphatic heterocycles. The highest BCUT2D eigenvalue weighted by Crippen LogP contribution is 2.23. The third-order valence-corrected chi connectivity index (χ3v) is 3.95. The molecular formula is C13H24N4O. The van der Waals surface area contributed by atoms with Crippen molar-refractivity contribution < 1.29 is 4.74 Å². The second kappa shape index (κ2) is 6.85. The number of guanidine groups is 1. The molecule has 1 heterocycles. The molecule has 0 amide bonds. The molecule has 1 saturated heterocycles. The van der Waals surface area contributed by atoms with Gasteiger partial charge in [-0.15, -0.1) is 0 Å². The fraction of sp³-hybridized carbons (Fsp3) is 0.846. The van der Waals surface area contributed by atoms with Gasteiger partial charge in [0.05, 0.1) is 13.2 Å². The highest BCUT2D eigenvalue weighted by molar-refractivity contribution is 5.84.